The first kappa shape index (κ1) is 13.6. The van der Waals surface area contributed by atoms with E-state index in [0.717, 1.165) is 25.7 Å². The molecule has 0 aromatic rings. The standard InChI is InChI=1S/C10H18N4O3/c1-7(12-10(15)16)6-17-9-4-2-8(3-5-9)13-14-11/h7-9,12H,2-6H2,1H3,(H,15,16)/t7-,8?,9?/m0/s1. The molecule has 0 saturated heterocycles. The number of hydrogen-bond donors (Lipinski definition) is 2. The van der Waals surface area contributed by atoms with E-state index in [1.807, 2.05) is 0 Å². The lowest BCUT2D eigenvalue weighted by Gasteiger charge is -2.27. The number of amides is 1. The van der Waals surface area contributed by atoms with Gasteiger partial charge >= 0.3 is 6.09 Å². The molecule has 0 aromatic carbocycles. The summed E-state index contributed by atoms with van der Waals surface area (Å²) in [6, 6.07) is -0.114. The summed E-state index contributed by atoms with van der Waals surface area (Å²) in [4.78, 5) is 13.2. The summed E-state index contributed by atoms with van der Waals surface area (Å²) in [5, 5.41) is 14.5. The summed E-state index contributed by atoms with van der Waals surface area (Å²) < 4.78 is 5.61. The van der Waals surface area contributed by atoms with Crippen molar-refractivity contribution in [2.45, 2.75) is 50.8 Å². The van der Waals surface area contributed by atoms with Gasteiger partial charge in [-0.15, -0.1) is 0 Å². The Morgan fingerprint density at radius 3 is 2.76 bits per heavy atom. The van der Waals surface area contributed by atoms with Gasteiger partial charge in [0.15, 0.2) is 0 Å². The van der Waals surface area contributed by atoms with Crippen LogP contribution in [-0.2, 0) is 4.74 Å². The maximum atomic E-state index is 10.4. The van der Waals surface area contributed by atoms with E-state index in [1.54, 1.807) is 6.92 Å². The van der Waals surface area contributed by atoms with Gasteiger partial charge < -0.3 is 15.2 Å². The van der Waals surface area contributed by atoms with Crippen molar-refractivity contribution in [3.63, 3.8) is 0 Å². The van der Waals surface area contributed by atoms with Crippen LogP contribution in [0.3, 0.4) is 0 Å². The number of carbonyl (C=O) groups is 1. The Bertz CT molecular complexity index is 296. The molecule has 0 bridgehead atoms. The third kappa shape index (κ3) is 5.42. The number of carboxylic acid groups (broad SMARTS) is 1. The van der Waals surface area contributed by atoms with Crippen LogP contribution in [0, 0.1) is 0 Å². The van der Waals surface area contributed by atoms with E-state index in [9.17, 15) is 4.79 Å². The number of azide groups is 1. The van der Waals surface area contributed by atoms with Crippen LogP contribution in [0.2, 0.25) is 0 Å². The van der Waals surface area contributed by atoms with Crippen LogP contribution in [0.5, 0.6) is 0 Å². The highest BCUT2D eigenvalue weighted by atomic mass is 16.5. The molecule has 1 fully saturated rings. The van der Waals surface area contributed by atoms with E-state index < -0.39 is 6.09 Å². The highest BCUT2D eigenvalue weighted by Gasteiger charge is 2.21. The van der Waals surface area contributed by atoms with E-state index in [0.29, 0.717) is 6.61 Å². The van der Waals surface area contributed by atoms with E-state index in [-0.39, 0.29) is 18.2 Å². The monoisotopic (exact) mass is 242 g/mol. The van der Waals surface area contributed by atoms with Crippen LogP contribution >= 0.6 is 0 Å². The van der Waals surface area contributed by atoms with E-state index >= 15 is 0 Å². The molecule has 0 heterocycles. The molecular formula is C10H18N4O3. The number of rotatable bonds is 5. The largest absolute Gasteiger partial charge is 0.465 e. The normalized spacial score (nSPS) is 25.7. The molecule has 0 aromatic heterocycles. The van der Waals surface area contributed by atoms with Gasteiger partial charge in [0.1, 0.15) is 0 Å². The van der Waals surface area contributed by atoms with Crippen LogP contribution in [0.4, 0.5) is 4.79 Å². The SMILES string of the molecule is C[C@@H](COC1CCC(N=[N+]=[N-])CC1)NC(=O)O. The number of hydrogen-bond acceptors (Lipinski definition) is 3. The number of ether oxygens (including phenoxy) is 1. The molecule has 7 heteroatoms. The molecule has 1 atom stereocenters. The van der Waals surface area contributed by atoms with Crippen molar-refractivity contribution < 1.29 is 14.6 Å². The smallest absolute Gasteiger partial charge is 0.404 e. The predicted molar refractivity (Wildman–Crippen MR) is 61.8 cm³/mol. The molecule has 0 aliphatic heterocycles. The predicted octanol–water partition coefficient (Wildman–Crippen LogP) is 2.28. The molecule has 1 amide bonds. The first-order valence-electron chi connectivity index (χ1n) is 5.77. The van der Waals surface area contributed by atoms with Crippen molar-refractivity contribution in [3.05, 3.63) is 10.4 Å². The second-order valence-corrected chi connectivity index (χ2v) is 4.32. The minimum atomic E-state index is -1.03. The maximum absolute atomic E-state index is 10.4. The second kappa shape index (κ2) is 6.98. The highest BCUT2D eigenvalue weighted by Crippen LogP contribution is 2.23. The Balaban J connectivity index is 2.17. The van der Waals surface area contributed by atoms with Crippen molar-refractivity contribution >= 4 is 6.09 Å². The third-order valence-electron chi connectivity index (χ3n) is 2.81. The van der Waals surface area contributed by atoms with Crippen molar-refractivity contribution in [2.24, 2.45) is 5.11 Å². The number of nitrogens with zero attached hydrogens (tertiary/aromatic N) is 3. The summed E-state index contributed by atoms with van der Waals surface area (Å²) in [5.41, 5.74) is 8.31. The van der Waals surface area contributed by atoms with Crippen LogP contribution in [0.1, 0.15) is 32.6 Å². The highest BCUT2D eigenvalue weighted by molar-refractivity contribution is 5.64. The fourth-order valence-corrected chi connectivity index (χ4v) is 1.93. The molecular weight excluding hydrogens is 224 g/mol. The fraction of sp³-hybridized carbons (Fsp3) is 0.900. The summed E-state index contributed by atoms with van der Waals surface area (Å²) in [6.45, 7) is 2.14. The molecule has 1 aliphatic rings. The zero-order valence-electron chi connectivity index (χ0n) is 9.87. The van der Waals surface area contributed by atoms with Crippen molar-refractivity contribution in [1.29, 1.82) is 0 Å². The molecule has 2 N–H and O–H groups in total. The average molecular weight is 242 g/mol. The van der Waals surface area contributed by atoms with E-state index in [1.165, 1.54) is 0 Å². The zero-order valence-corrected chi connectivity index (χ0v) is 9.87. The Hall–Kier alpha value is -1.46. The van der Waals surface area contributed by atoms with Crippen LogP contribution in [0.25, 0.3) is 10.4 Å². The summed E-state index contributed by atoms with van der Waals surface area (Å²) in [5.74, 6) is 0. The molecule has 7 nitrogen and oxygen atoms in total. The van der Waals surface area contributed by atoms with Crippen molar-refractivity contribution in [3.8, 4) is 0 Å². The van der Waals surface area contributed by atoms with Gasteiger partial charge in [0, 0.05) is 11.0 Å². The van der Waals surface area contributed by atoms with Gasteiger partial charge in [0.2, 0.25) is 0 Å². The molecule has 1 rings (SSSR count). The minimum Gasteiger partial charge on any atom is -0.465 e. The van der Waals surface area contributed by atoms with Crippen LogP contribution in [0.15, 0.2) is 5.11 Å². The summed E-state index contributed by atoms with van der Waals surface area (Å²) in [7, 11) is 0. The Morgan fingerprint density at radius 2 is 2.24 bits per heavy atom. The van der Waals surface area contributed by atoms with Crippen molar-refractivity contribution in [1.82, 2.24) is 5.32 Å². The quantitative estimate of drug-likeness (QED) is 0.438. The summed E-state index contributed by atoms with van der Waals surface area (Å²) in [6.07, 6.45) is 2.53. The Kier molecular flexibility index (Phi) is 5.59. The third-order valence-corrected chi connectivity index (χ3v) is 2.81. The molecule has 0 unspecified atom stereocenters. The zero-order chi connectivity index (χ0) is 12.7. The van der Waals surface area contributed by atoms with Gasteiger partial charge in [-0.2, -0.15) is 0 Å². The Labute approximate surface area is 99.8 Å². The molecule has 1 aliphatic carbocycles. The second-order valence-electron chi connectivity index (χ2n) is 4.32. The summed E-state index contributed by atoms with van der Waals surface area (Å²) >= 11 is 0. The molecule has 0 radical (unpaired) electrons. The van der Waals surface area contributed by atoms with Gasteiger partial charge in [-0.25, -0.2) is 4.79 Å². The topological polar surface area (TPSA) is 107 Å². The number of nitrogens with one attached hydrogen (secondary N) is 1. The minimum absolute atomic E-state index is 0.0921. The van der Waals surface area contributed by atoms with Gasteiger partial charge in [0.25, 0.3) is 0 Å². The van der Waals surface area contributed by atoms with E-state index in [4.69, 9.17) is 15.4 Å². The van der Waals surface area contributed by atoms with Crippen LogP contribution < -0.4 is 5.32 Å². The van der Waals surface area contributed by atoms with Gasteiger partial charge in [-0.05, 0) is 38.1 Å². The lowest BCUT2D eigenvalue weighted by Crippen LogP contribution is -2.36. The molecule has 96 valence electrons. The molecule has 17 heavy (non-hydrogen) atoms. The first-order chi connectivity index (χ1) is 8.11. The first-order valence-corrected chi connectivity index (χ1v) is 5.77. The Morgan fingerprint density at radius 1 is 1.59 bits per heavy atom. The average Bonchev–Trinajstić information content (AvgIpc) is 2.28. The molecule has 1 saturated carbocycles. The van der Waals surface area contributed by atoms with Crippen LogP contribution in [-0.4, -0.2) is 36.0 Å². The van der Waals surface area contributed by atoms with E-state index in [2.05, 4.69) is 15.3 Å². The van der Waals surface area contributed by atoms with Gasteiger partial charge in [-0.1, -0.05) is 5.11 Å². The maximum Gasteiger partial charge on any atom is 0.404 e. The molecule has 0 spiro atoms. The lowest BCUT2D eigenvalue weighted by molar-refractivity contribution is 0.0157. The van der Waals surface area contributed by atoms with Gasteiger partial charge in [-0.3, -0.25) is 0 Å². The van der Waals surface area contributed by atoms with Gasteiger partial charge in [0.05, 0.1) is 18.8 Å². The fourth-order valence-electron chi connectivity index (χ4n) is 1.93. The van der Waals surface area contributed by atoms with Crippen molar-refractivity contribution in [2.75, 3.05) is 6.61 Å². The lowest BCUT2D eigenvalue weighted by atomic mass is 9.93.